The Hall–Kier alpha value is -1.97. The Balaban J connectivity index is 2.17. The van der Waals surface area contributed by atoms with Gasteiger partial charge in [0.25, 0.3) is 5.91 Å². The first-order valence-electron chi connectivity index (χ1n) is 8.55. The number of aliphatic imine (C=N–C) groups is 1. The number of carbonyl (C=O) groups excluding carboxylic acids is 1. The molecule has 0 aromatic heterocycles. The number of hydrogen-bond acceptors (Lipinski definition) is 2. The molecule has 0 aliphatic carbocycles. The van der Waals surface area contributed by atoms with E-state index >= 15 is 0 Å². The van der Waals surface area contributed by atoms with Crippen LogP contribution in [0.4, 0.5) is 0 Å². The molecule has 0 fully saturated rings. The molecule has 4 heteroatoms. The monoisotopic (exact) mass is 317 g/mol. The zero-order valence-corrected chi connectivity index (χ0v) is 14.0. The summed E-state index contributed by atoms with van der Waals surface area (Å²) in [5.74, 6) is -1.32. The van der Waals surface area contributed by atoms with Crippen LogP contribution in [0.2, 0.25) is 0 Å². The lowest BCUT2D eigenvalue weighted by molar-refractivity contribution is 0.0696. The largest absolute Gasteiger partial charge is 0.478 e. The van der Waals surface area contributed by atoms with E-state index in [0.717, 1.165) is 12.8 Å². The lowest BCUT2D eigenvalue weighted by Crippen LogP contribution is -1.99. The number of carbonyl (C=O) groups is 2. The summed E-state index contributed by atoms with van der Waals surface area (Å²) in [5.41, 5.74) is 0.589. The SMILES string of the molecule is CCCCCCCCCCC=NC(=O)c1ccc(C(=O)O)cc1. The fraction of sp³-hybridized carbons (Fsp3) is 0.526. The summed E-state index contributed by atoms with van der Waals surface area (Å²) in [4.78, 5) is 26.5. The van der Waals surface area contributed by atoms with Gasteiger partial charge in [-0.15, -0.1) is 0 Å². The third kappa shape index (κ3) is 8.29. The van der Waals surface area contributed by atoms with Crippen molar-refractivity contribution in [2.45, 2.75) is 64.7 Å². The third-order valence-corrected chi connectivity index (χ3v) is 3.77. The molecule has 126 valence electrons. The van der Waals surface area contributed by atoms with Crippen LogP contribution in [0, 0.1) is 0 Å². The average Bonchev–Trinajstić information content (AvgIpc) is 2.56. The second-order valence-corrected chi connectivity index (χ2v) is 5.76. The molecule has 0 unspecified atom stereocenters. The number of carboxylic acids is 1. The van der Waals surface area contributed by atoms with E-state index in [4.69, 9.17) is 5.11 Å². The molecule has 0 saturated carbocycles. The highest BCUT2D eigenvalue weighted by Crippen LogP contribution is 2.09. The van der Waals surface area contributed by atoms with Crippen LogP contribution >= 0.6 is 0 Å². The van der Waals surface area contributed by atoms with Gasteiger partial charge in [-0.1, -0.05) is 51.9 Å². The molecule has 0 radical (unpaired) electrons. The topological polar surface area (TPSA) is 66.7 Å². The highest BCUT2D eigenvalue weighted by molar-refractivity contribution is 5.99. The molecule has 0 spiro atoms. The van der Waals surface area contributed by atoms with Crippen molar-refractivity contribution in [3.63, 3.8) is 0 Å². The molecule has 1 aromatic carbocycles. The van der Waals surface area contributed by atoms with Crippen molar-refractivity contribution in [1.82, 2.24) is 0 Å². The first kappa shape index (κ1) is 19.1. The van der Waals surface area contributed by atoms with Gasteiger partial charge in [0, 0.05) is 11.8 Å². The summed E-state index contributed by atoms with van der Waals surface area (Å²) in [6.07, 6.45) is 12.6. The van der Waals surface area contributed by atoms with Gasteiger partial charge in [0.05, 0.1) is 5.56 Å². The van der Waals surface area contributed by atoms with E-state index in [1.807, 2.05) is 0 Å². The van der Waals surface area contributed by atoms with Crippen LogP contribution < -0.4 is 0 Å². The number of rotatable bonds is 11. The van der Waals surface area contributed by atoms with E-state index < -0.39 is 5.97 Å². The molecule has 0 saturated heterocycles. The van der Waals surface area contributed by atoms with E-state index in [0.29, 0.717) is 5.56 Å². The number of hydrogen-bond donors (Lipinski definition) is 1. The maximum Gasteiger partial charge on any atom is 0.335 e. The first-order chi connectivity index (χ1) is 11.1. The number of benzene rings is 1. The smallest absolute Gasteiger partial charge is 0.335 e. The fourth-order valence-corrected chi connectivity index (χ4v) is 2.35. The van der Waals surface area contributed by atoms with Crippen LogP contribution in [0.15, 0.2) is 29.3 Å². The van der Waals surface area contributed by atoms with Crippen molar-refractivity contribution < 1.29 is 14.7 Å². The number of nitrogens with zero attached hydrogens (tertiary/aromatic N) is 1. The molecule has 1 N–H and O–H groups in total. The predicted octanol–water partition coefficient (Wildman–Crippen LogP) is 5.13. The zero-order valence-electron chi connectivity index (χ0n) is 14.0. The van der Waals surface area contributed by atoms with Crippen molar-refractivity contribution in [2.75, 3.05) is 0 Å². The summed E-state index contributed by atoms with van der Waals surface area (Å²) in [6, 6.07) is 5.84. The molecule has 0 bridgehead atoms. The molecular weight excluding hydrogens is 290 g/mol. The summed E-state index contributed by atoms with van der Waals surface area (Å²) in [5, 5.41) is 8.80. The van der Waals surface area contributed by atoms with Crippen molar-refractivity contribution in [3.05, 3.63) is 35.4 Å². The molecule has 0 atom stereocenters. The van der Waals surface area contributed by atoms with E-state index in [1.54, 1.807) is 6.21 Å². The Bertz CT molecular complexity index is 506. The third-order valence-electron chi connectivity index (χ3n) is 3.77. The minimum atomic E-state index is -0.998. The predicted molar refractivity (Wildman–Crippen MR) is 93.5 cm³/mol. The molecule has 1 amide bonds. The molecule has 1 rings (SSSR count). The van der Waals surface area contributed by atoms with Gasteiger partial charge in [0.15, 0.2) is 0 Å². The van der Waals surface area contributed by atoms with Gasteiger partial charge < -0.3 is 5.11 Å². The van der Waals surface area contributed by atoms with E-state index in [1.165, 1.54) is 69.2 Å². The molecule has 23 heavy (non-hydrogen) atoms. The second-order valence-electron chi connectivity index (χ2n) is 5.76. The standard InChI is InChI=1S/C19H27NO3/c1-2-3-4-5-6-7-8-9-10-15-20-18(21)16-11-13-17(14-12-16)19(22)23/h11-15H,2-10H2,1H3,(H,22,23). The lowest BCUT2D eigenvalue weighted by atomic mass is 10.1. The first-order valence-corrected chi connectivity index (χ1v) is 8.55. The minimum Gasteiger partial charge on any atom is -0.478 e. The van der Waals surface area contributed by atoms with Gasteiger partial charge in [-0.05, 0) is 37.1 Å². The van der Waals surface area contributed by atoms with Crippen molar-refractivity contribution in [1.29, 1.82) is 0 Å². The van der Waals surface area contributed by atoms with Crippen LogP contribution in [0.3, 0.4) is 0 Å². The highest BCUT2D eigenvalue weighted by Gasteiger charge is 2.05. The van der Waals surface area contributed by atoms with Gasteiger partial charge >= 0.3 is 5.97 Å². The molecule has 0 heterocycles. The maximum atomic E-state index is 11.8. The Kier molecular flexibility index (Phi) is 9.60. The zero-order chi connectivity index (χ0) is 16.9. The summed E-state index contributed by atoms with van der Waals surface area (Å²) in [7, 11) is 0. The molecular formula is C19H27NO3. The van der Waals surface area contributed by atoms with Crippen molar-refractivity contribution in [3.8, 4) is 0 Å². The molecule has 1 aromatic rings. The minimum absolute atomic E-state index is 0.171. The van der Waals surface area contributed by atoms with E-state index in [-0.39, 0.29) is 11.5 Å². The van der Waals surface area contributed by atoms with Gasteiger partial charge in [-0.25, -0.2) is 9.79 Å². The van der Waals surface area contributed by atoms with Crippen LogP contribution in [0.1, 0.15) is 85.4 Å². The molecule has 0 aliphatic rings. The summed E-state index contributed by atoms with van der Waals surface area (Å²) >= 11 is 0. The normalized spacial score (nSPS) is 11.0. The molecule has 0 aliphatic heterocycles. The van der Waals surface area contributed by atoms with Gasteiger partial charge in [-0.3, -0.25) is 4.79 Å². The van der Waals surface area contributed by atoms with Gasteiger partial charge in [-0.2, -0.15) is 0 Å². The van der Waals surface area contributed by atoms with Crippen LogP contribution in [0.25, 0.3) is 0 Å². The van der Waals surface area contributed by atoms with Crippen LogP contribution in [0.5, 0.6) is 0 Å². The fourth-order valence-electron chi connectivity index (χ4n) is 2.35. The van der Waals surface area contributed by atoms with Gasteiger partial charge in [0.2, 0.25) is 0 Å². The Morgan fingerprint density at radius 2 is 1.43 bits per heavy atom. The average molecular weight is 317 g/mol. The maximum absolute atomic E-state index is 11.8. The lowest BCUT2D eigenvalue weighted by Gasteiger charge is -2.00. The summed E-state index contributed by atoms with van der Waals surface area (Å²) in [6.45, 7) is 2.22. The highest BCUT2D eigenvalue weighted by atomic mass is 16.4. The summed E-state index contributed by atoms with van der Waals surface area (Å²) < 4.78 is 0. The number of carboxylic acid groups (broad SMARTS) is 1. The van der Waals surface area contributed by atoms with Gasteiger partial charge in [0.1, 0.15) is 0 Å². The van der Waals surface area contributed by atoms with E-state index in [9.17, 15) is 9.59 Å². The van der Waals surface area contributed by atoms with Crippen molar-refractivity contribution >= 4 is 18.1 Å². The van der Waals surface area contributed by atoms with Crippen LogP contribution in [-0.2, 0) is 0 Å². The van der Waals surface area contributed by atoms with Crippen molar-refractivity contribution in [2.24, 2.45) is 4.99 Å². The Labute approximate surface area is 138 Å². The quantitative estimate of drug-likeness (QED) is 0.454. The Morgan fingerprint density at radius 3 is 2.00 bits per heavy atom. The number of unbranched alkanes of at least 4 members (excludes halogenated alkanes) is 8. The molecule has 4 nitrogen and oxygen atoms in total. The Morgan fingerprint density at radius 1 is 0.913 bits per heavy atom. The second kappa shape index (κ2) is 11.6. The number of amides is 1. The van der Waals surface area contributed by atoms with E-state index in [2.05, 4.69) is 11.9 Å². The number of aromatic carboxylic acids is 1. The van der Waals surface area contributed by atoms with Crippen LogP contribution in [-0.4, -0.2) is 23.2 Å².